The van der Waals surface area contributed by atoms with Crippen LogP contribution in [0, 0.1) is 0 Å². The van der Waals surface area contributed by atoms with E-state index >= 15 is 0 Å². The van der Waals surface area contributed by atoms with Crippen LogP contribution in [0.2, 0.25) is 10.0 Å². The van der Waals surface area contributed by atoms with Crippen LogP contribution in [0.3, 0.4) is 0 Å². The quantitative estimate of drug-likeness (QED) is 0.337. The van der Waals surface area contributed by atoms with E-state index in [1.165, 1.54) is 23.0 Å². The van der Waals surface area contributed by atoms with Crippen molar-refractivity contribution in [2.45, 2.75) is 26.2 Å². The summed E-state index contributed by atoms with van der Waals surface area (Å²) in [6.07, 6.45) is 3.23. The summed E-state index contributed by atoms with van der Waals surface area (Å²) in [5, 5.41) is 10.1. The standard InChI is InChI=1S/C23H20Cl2N4OS/c1-23(2,3)15-7-4-14(5-8-15)6-11-20(30)26-21-27-22-29(28-21)19(13-31-22)17-10-9-16(24)12-18(17)25/h4-13H,1-3H3,(H,26,28,30)/b11-6+. The molecule has 158 valence electrons. The molecule has 4 rings (SSSR count). The van der Waals surface area contributed by atoms with Crippen LogP contribution >= 0.6 is 34.5 Å². The van der Waals surface area contributed by atoms with E-state index in [9.17, 15) is 4.79 Å². The molecule has 0 bridgehead atoms. The second-order valence-electron chi connectivity index (χ2n) is 8.07. The number of anilines is 1. The first kappa shape index (κ1) is 21.6. The zero-order valence-electron chi connectivity index (χ0n) is 17.2. The first-order valence-electron chi connectivity index (χ1n) is 9.60. The van der Waals surface area contributed by atoms with E-state index in [-0.39, 0.29) is 17.3 Å². The van der Waals surface area contributed by atoms with Crippen LogP contribution in [0.15, 0.2) is 53.9 Å². The molecule has 1 amide bonds. The summed E-state index contributed by atoms with van der Waals surface area (Å²) in [6.45, 7) is 6.50. The van der Waals surface area contributed by atoms with Gasteiger partial charge in [0.05, 0.1) is 10.7 Å². The molecule has 2 heterocycles. The molecular formula is C23H20Cl2N4OS. The van der Waals surface area contributed by atoms with Gasteiger partial charge in [-0.1, -0.05) is 68.2 Å². The molecular weight excluding hydrogens is 451 g/mol. The molecule has 0 fully saturated rings. The molecule has 5 nitrogen and oxygen atoms in total. The number of amides is 1. The molecule has 1 N–H and O–H groups in total. The number of carbonyl (C=O) groups excluding carboxylic acids is 1. The van der Waals surface area contributed by atoms with Crippen molar-refractivity contribution in [2.75, 3.05) is 5.32 Å². The Labute approximate surface area is 194 Å². The van der Waals surface area contributed by atoms with Gasteiger partial charge in [0.15, 0.2) is 0 Å². The van der Waals surface area contributed by atoms with Gasteiger partial charge in [0.1, 0.15) is 0 Å². The number of hydrogen-bond donors (Lipinski definition) is 1. The van der Waals surface area contributed by atoms with Gasteiger partial charge in [-0.15, -0.1) is 16.4 Å². The summed E-state index contributed by atoms with van der Waals surface area (Å²) >= 11 is 13.7. The van der Waals surface area contributed by atoms with Crippen molar-refractivity contribution in [2.24, 2.45) is 0 Å². The summed E-state index contributed by atoms with van der Waals surface area (Å²) in [5.41, 5.74) is 3.85. The fourth-order valence-corrected chi connectivity index (χ4v) is 4.36. The SMILES string of the molecule is CC(C)(C)c1ccc(/C=C/C(=O)Nc2nc3scc(-c4ccc(Cl)cc4Cl)n3n2)cc1. The highest BCUT2D eigenvalue weighted by Gasteiger charge is 2.15. The van der Waals surface area contributed by atoms with Gasteiger partial charge in [-0.3, -0.25) is 10.1 Å². The molecule has 0 aliphatic carbocycles. The first-order valence-corrected chi connectivity index (χ1v) is 11.2. The van der Waals surface area contributed by atoms with Gasteiger partial charge in [0.25, 0.3) is 11.9 Å². The lowest BCUT2D eigenvalue weighted by Gasteiger charge is -2.18. The van der Waals surface area contributed by atoms with Gasteiger partial charge < -0.3 is 0 Å². The highest BCUT2D eigenvalue weighted by molar-refractivity contribution is 7.15. The minimum absolute atomic E-state index is 0.0916. The highest BCUT2D eigenvalue weighted by Crippen LogP contribution is 2.33. The Morgan fingerprint density at radius 3 is 2.55 bits per heavy atom. The Balaban J connectivity index is 1.49. The molecule has 0 spiro atoms. The second kappa shape index (κ2) is 8.46. The lowest BCUT2D eigenvalue weighted by atomic mass is 9.87. The number of thiazole rings is 1. The number of carbonyl (C=O) groups is 1. The first-order chi connectivity index (χ1) is 14.7. The van der Waals surface area contributed by atoms with Crippen LogP contribution in [0.5, 0.6) is 0 Å². The van der Waals surface area contributed by atoms with Crippen molar-refractivity contribution in [3.05, 3.63) is 75.1 Å². The Kier molecular flexibility index (Phi) is 5.88. The summed E-state index contributed by atoms with van der Waals surface area (Å²) in [7, 11) is 0. The number of rotatable bonds is 4. The molecule has 8 heteroatoms. The normalized spacial score (nSPS) is 12.0. The maximum atomic E-state index is 12.3. The van der Waals surface area contributed by atoms with Crippen molar-refractivity contribution in [3.63, 3.8) is 0 Å². The third-order valence-corrected chi connectivity index (χ3v) is 6.09. The van der Waals surface area contributed by atoms with Crippen molar-refractivity contribution in [1.29, 1.82) is 0 Å². The summed E-state index contributed by atoms with van der Waals surface area (Å²) < 4.78 is 1.66. The maximum Gasteiger partial charge on any atom is 0.250 e. The van der Waals surface area contributed by atoms with Gasteiger partial charge in [-0.05, 0) is 40.8 Å². The van der Waals surface area contributed by atoms with Crippen LogP contribution in [0.4, 0.5) is 5.95 Å². The molecule has 0 radical (unpaired) electrons. The largest absolute Gasteiger partial charge is 0.290 e. The predicted molar refractivity (Wildman–Crippen MR) is 129 cm³/mol. The molecule has 0 aliphatic rings. The molecule has 31 heavy (non-hydrogen) atoms. The van der Waals surface area contributed by atoms with Crippen molar-refractivity contribution in [1.82, 2.24) is 14.6 Å². The van der Waals surface area contributed by atoms with Crippen molar-refractivity contribution >= 4 is 57.4 Å². The van der Waals surface area contributed by atoms with Crippen LogP contribution in [0.25, 0.3) is 22.3 Å². The topological polar surface area (TPSA) is 59.3 Å². The lowest BCUT2D eigenvalue weighted by Crippen LogP contribution is -2.10. The second-order valence-corrected chi connectivity index (χ2v) is 9.75. The average molecular weight is 471 g/mol. The van der Waals surface area contributed by atoms with Gasteiger partial charge in [-0.2, -0.15) is 4.98 Å². The Morgan fingerprint density at radius 2 is 1.87 bits per heavy atom. The number of nitrogens with one attached hydrogen (secondary N) is 1. The fraction of sp³-hybridized carbons (Fsp3) is 0.174. The minimum Gasteiger partial charge on any atom is -0.290 e. The summed E-state index contributed by atoms with van der Waals surface area (Å²) in [6, 6.07) is 13.4. The van der Waals surface area contributed by atoms with Crippen molar-refractivity contribution in [3.8, 4) is 11.3 Å². The van der Waals surface area contributed by atoms with E-state index in [4.69, 9.17) is 23.2 Å². The van der Waals surface area contributed by atoms with E-state index < -0.39 is 0 Å². The van der Waals surface area contributed by atoms with E-state index in [2.05, 4.69) is 48.3 Å². The van der Waals surface area contributed by atoms with Crippen molar-refractivity contribution < 1.29 is 4.79 Å². The molecule has 0 aliphatic heterocycles. The van der Waals surface area contributed by atoms with Gasteiger partial charge in [0.2, 0.25) is 4.96 Å². The number of benzene rings is 2. The fourth-order valence-electron chi connectivity index (χ4n) is 3.04. The van der Waals surface area contributed by atoms with Gasteiger partial charge >= 0.3 is 0 Å². The van der Waals surface area contributed by atoms with E-state index in [0.717, 1.165) is 16.8 Å². The zero-order chi connectivity index (χ0) is 22.2. The average Bonchev–Trinajstić information content (AvgIpc) is 3.26. The molecule has 0 atom stereocenters. The Hall–Kier alpha value is -2.67. The third-order valence-electron chi connectivity index (χ3n) is 4.73. The Bertz CT molecular complexity index is 1280. The number of fused-ring (bicyclic) bond motifs is 1. The molecule has 2 aromatic heterocycles. The number of aromatic nitrogens is 3. The van der Waals surface area contributed by atoms with E-state index in [0.29, 0.717) is 15.0 Å². The third kappa shape index (κ3) is 4.82. The lowest BCUT2D eigenvalue weighted by molar-refractivity contribution is -0.111. The Morgan fingerprint density at radius 1 is 1.13 bits per heavy atom. The van der Waals surface area contributed by atoms with Crippen LogP contribution in [0.1, 0.15) is 31.9 Å². The van der Waals surface area contributed by atoms with Gasteiger partial charge in [0, 0.05) is 22.0 Å². The summed E-state index contributed by atoms with van der Waals surface area (Å²) in [4.78, 5) is 17.4. The minimum atomic E-state index is -0.302. The molecule has 0 unspecified atom stereocenters. The van der Waals surface area contributed by atoms with E-state index in [1.54, 1.807) is 22.7 Å². The number of hydrogen-bond acceptors (Lipinski definition) is 4. The van der Waals surface area contributed by atoms with E-state index in [1.807, 2.05) is 23.6 Å². The zero-order valence-corrected chi connectivity index (χ0v) is 19.5. The van der Waals surface area contributed by atoms with Gasteiger partial charge in [-0.25, -0.2) is 4.52 Å². The molecule has 0 saturated carbocycles. The molecule has 4 aromatic rings. The molecule has 0 saturated heterocycles. The van der Waals surface area contributed by atoms with Crippen LogP contribution in [-0.4, -0.2) is 20.5 Å². The smallest absolute Gasteiger partial charge is 0.250 e. The highest BCUT2D eigenvalue weighted by atomic mass is 35.5. The predicted octanol–water partition coefficient (Wildman–Crippen LogP) is 6.71. The number of halogens is 2. The monoisotopic (exact) mass is 470 g/mol. The molecule has 2 aromatic carbocycles. The maximum absolute atomic E-state index is 12.3. The number of nitrogens with zero attached hydrogens (tertiary/aromatic N) is 3. The van der Waals surface area contributed by atoms with Crippen LogP contribution < -0.4 is 5.32 Å². The summed E-state index contributed by atoms with van der Waals surface area (Å²) in [5.74, 6) is -0.0693. The van der Waals surface area contributed by atoms with Crippen LogP contribution in [-0.2, 0) is 10.2 Å².